The van der Waals surface area contributed by atoms with E-state index in [1.54, 1.807) is 6.92 Å². The van der Waals surface area contributed by atoms with Crippen molar-refractivity contribution in [3.05, 3.63) is 0 Å². The molecule has 0 aromatic carbocycles. The van der Waals surface area contributed by atoms with E-state index in [1.807, 2.05) is 14.0 Å². The lowest BCUT2D eigenvalue weighted by Gasteiger charge is -2.40. The third-order valence-electron chi connectivity index (χ3n) is 2.40. The number of hydrogen-bond acceptors (Lipinski definition) is 5. The molecule has 0 bridgehead atoms. The number of rotatable bonds is 7. The largest absolute Gasteiger partial charge is 0.373 e. The van der Waals surface area contributed by atoms with Gasteiger partial charge < -0.3 is 21.9 Å². The lowest BCUT2D eigenvalue weighted by molar-refractivity contribution is -0.0456. The van der Waals surface area contributed by atoms with Gasteiger partial charge in [0.25, 0.3) is 0 Å². The summed E-state index contributed by atoms with van der Waals surface area (Å²) in [7, 11) is 1.86. The second-order valence-electron chi connectivity index (χ2n) is 3.91. The van der Waals surface area contributed by atoms with Crippen molar-refractivity contribution < 1.29 is 5.11 Å². The molecule has 0 aromatic rings. The van der Waals surface area contributed by atoms with Crippen LogP contribution in [0.25, 0.3) is 0 Å². The van der Waals surface area contributed by atoms with Crippen LogP contribution < -0.4 is 22.1 Å². The minimum absolute atomic E-state index is 0.479. The zero-order chi connectivity index (χ0) is 11.2. The summed E-state index contributed by atoms with van der Waals surface area (Å²) in [6, 6.07) is 0. The summed E-state index contributed by atoms with van der Waals surface area (Å²) < 4.78 is 0. The topological polar surface area (TPSA) is 96.3 Å². The third-order valence-corrected chi connectivity index (χ3v) is 2.40. The van der Waals surface area contributed by atoms with Gasteiger partial charge in [-0.05, 0) is 20.4 Å². The van der Waals surface area contributed by atoms with Crippen molar-refractivity contribution in [1.29, 1.82) is 0 Å². The van der Waals surface area contributed by atoms with Gasteiger partial charge in [-0.25, -0.2) is 0 Å². The van der Waals surface area contributed by atoms with E-state index < -0.39 is 11.4 Å². The molecule has 0 saturated heterocycles. The van der Waals surface area contributed by atoms with Gasteiger partial charge >= 0.3 is 0 Å². The molecular formula is C9H24N4O. The van der Waals surface area contributed by atoms with Gasteiger partial charge in [-0.2, -0.15) is 0 Å². The van der Waals surface area contributed by atoms with E-state index in [4.69, 9.17) is 11.5 Å². The minimum Gasteiger partial charge on any atom is -0.373 e. The SMILES string of the molecule is CCCC(N)(O)C(C)(N)NCCNC. The van der Waals surface area contributed by atoms with Gasteiger partial charge in [-0.1, -0.05) is 13.3 Å². The molecule has 0 aliphatic carbocycles. The van der Waals surface area contributed by atoms with Crippen LogP contribution in [0.4, 0.5) is 0 Å². The molecule has 0 amide bonds. The van der Waals surface area contributed by atoms with Crippen molar-refractivity contribution in [2.24, 2.45) is 11.5 Å². The number of nitrogens with two attached hydrogens (primary N) is 2. The van der Waals surface area contributed by atoms with Crippen LogP contribution >= 0.6 is 0 Å². The molecule has 2 atom stereocenters. The maximum absolute atomic E-state index is 9.91. The number of likely N-dealkylation sites (N-methyl/N-ethyl adjacent to an activating group) is 1. The van der Waals surface area contributed by atoms with Crippen LogP contribution in [0, 0.1) is 0 Å². The predicted octanol–water partition coefficient (Wildman–Crippen LogP) is -1.08. The first kappa shape index (κ1) is 13.8. The summed E-state index contributed by atoms with van der Waals surface area (Å²) in [5.41, 5.74) is 9.32. The van der Waals surface area contributed by atoms with E-state index >= 15 is 0 Å². The first-order valence-electron chi connectivity index (χ1n) is 5.07. The van der Waals surface area contributed by atoms with Crippen molar-refractivity contribution in [2.75, 3.05) is 20.1 Å². The molecule has 2 unspecified atom stereocenters. The molecule has 0 fully saturated rings. The highest BCUT2D eigenvalue weighted by Gasteiger charge is 2.39. The molecule has 0 rings (SSSR count). The van der Waals surface area contributed by atoms with E-state index in [-0.39, 0.29) is 0 Å². The third kappa shape index (κ3) is 3.89. The van der Waals surface area contributed by atoms with Crippen molar-refractivity contribution >= 4 is 0 Å². The Morgan fingerprint density at radius 2 is 1.86 bits per heavy atom. The van der Waals surface area contributed by atoms with Crippen molar-refractivity contribution in [1.82, 2.24) is 10.6 Å². The fourth-order valence-corrected chi connectivity index (χ4v) is 1.24. The Kier molecular flexibility index (Phi) is 5.54. The maximum atomic E-state index is 9.91. The summed E-state index contributed by atoms with van der Waals surface area (Å²) in [5.74, 6) is 0. The lowest BCUT2D eigenvalue weighted by atomic mass is 9.95. The van der Waals surface area contributed by atoms with Gasteiger partial charge in [0, 0.05) is 13.1 Å². The minimum atomic E-state index is -1.37. The molecule has 0 aliphatic rings. The van der Waals surface area contributed by atoms with Crippen LogP contribution in [0.15, 0.2) is 0 Å². The van der Waals surface area contributed by atoms with Gasteiger partial charge in [0.2, 0.25) is 0 Å². The number of nitrogens with one attached hydrogen (secondary N) is 2. The molecule has 0 aliphatic heterocycles. The van der Waals surface area contributed by atoms with E-state index in [0.29, 0.717) is 13.0 Å². The molecule has 86 valence electrons. The molecule has 0 spiro atoms. The standard InChI is InChI=1S/C9H24N4O/c1-4-5-9(11,14)8(2,10)13-7-6-12-3/h12-14H,4-7,10-11H2,1-3H3. The zero-order valence-electron chi connectivity index (χ0n) is 9.43. The van der Waals surface area contributed by atoms with Crippen LogP contribution in [0.5, 0.6) is 0 Å². The Hall–Kier alpha value is -0.200. The molecule has 0 saturated carbocycles. The average molecular weight is 204 g/mol. The number of aliphatic hydroxyl groups is 1. The fraction of sp³-hybridized carbons (Fsp3) is 1.00. The second kappa shape index (κ2) is 5.63. The van der Waals surface area contributed by atoms with Crippen molar-refractivity contribution in [3.63, 3.8) is 0 Å². The molecule has 0 radical (unpaired) electrons. The van der Waals surface area contributed by atoms with Crippen LogP contribution in [0.2, 0.25) is 0 Å². The van der Waals surface area contributed by atoms with Crippen LogP contribution in [0.1, 0.15) is 26.7 Å². The van der Waals surface area contributed by atoms with E-state index in [1.165, 1.54) is 0 Å². The Bertz CT molecular complexity index is 159. The fourth-order valence-electron chi connectivity index (χ4n) is 1.24. The summed E-state index contributed by atoms with van der Waals surface area (Å²) in [5, 5.41) is 15.9. The lowest BCUT2D eigenvalue weighted by Crippen LogP contribution is -2.71. The van der Waals surface area contributed by atoms with Gasteiger partial charge in [-0.3, -0.25) is 5.32 Å². The molecule has 14 heavy (non-hydrogen) atoms. The van der Waals surface area contributed by atoms with E-state index in [2.05, 4.69) is 10.6 Å². The summed E-state index contributed by atoms with van der Waals surface area (Å²) in [6.07, 6.45) is 1.28. The predicted molar refractivity (Wildman–Crippen MR) is 58.6 cm³/mol. The van der Waals surface area contributed by atoms with Gasteiger partial charge in [0.05, 0.1) is 0 Å². The molecular weight excluding hydrogens is 180 g/mol. The van der Waals surface area contributed by atoms with Crippen molar-refractivity contribution in [3.8, 4) is 0 Å². The Morgan fingerprint density at radius 3 is 2.29 bits per heavy atom. The maximum Gasteiger partial charge on any atom is 0.144 e. The summed E-state index contributed by atoms with van der Waals surface area (Å²) in [6.45, 7) is 5.13. The van der Waals surface area contributed by atoms with Gasteiger partial charge in [-0.15, -0.1) is 0 Å². The Labute approximate surface area is 86.2 Å². The Morgan fingerprint density at radius 1 is 1.29 bits per heavy atom. The van der Waals surface area contributed by atoms with Crippen LogP contribution in [-0.4, -0.2) is 36.6 Å². The van der Waals surface area contributed by atoms with Crippen LogP contribution in [0.3, 0.4) is 0 Å². The smallest absolute Gasteiger partial charge is 0.144 e. The Balaban J connectivity index is 4.13. The summed E-state index contributed by atoms with van der Waals surface area (Å²) >= 11 is 0. The van der Waals surface area contributed by atoms with E-state index in [0.717, 1.165) is 13.0 Å². The average Bonchev–Trinajstić information content (AvgIpc) is 2.04. The molecule has 7 N–H and O–H groups in total. The van der Waals surface area contributed by atoms with Crippen LogP contribution in [-0.2, 0) is 0 Å². The van der Waals surface area contributed by atoms with Crippen molar-refractivity contribution in [2.45, 2.75) is 38.1 Å². The molecule has 5 nitrogen and oxygen atoms in total. The summed E-state index contributed by atoms with van der Waals surface area (Å²) in [4.78, 5) is 0. The monoisotopic (exact) mass is 204 g/mol. The first-order valence-corrected chi connectivity index (χ1v) is 5.07. The van der Waals surface area contributed by atoms with Gasteiger partial charge in [0.1, 0.15) is 11.4 Å². The zero-order valence-corrected chi connectivity index (χ0v) is 9.43. The molecule has 5 heteroatoms. The molecule has 0 aromatic heterocycles. The highest BCUT2D eigenvalue weighted by Crippen LogP contribution is 2.16. The quantitative estimate of drug-likeness (QED) is 0.268. The normalized spacial score (nSPS) is 20.1. The van der Waals surface area contributed by atoms with Gasteiger partial charge in [0.15, 0.2) is 0 Å². The second-order valence-corrected chi connectivity index (χ2v) is 3.91. The highest BCUT2D eigenvalue weighted by atomic mass is 16.3. The highest BCUT2D eigenvalue weighted by molar-refractivity contribution is 4.93. The first-order chi connectivity index (χ1) is 6.37. The molecule has 0 heterocycles. The number of hydrogen-bond donors (Lipinski definition) is 5. The van der Waals surface area contributed by atoms with E-state index in [9.17, 15) is 5.11 Å².